The Morgan fingerprint density at radius 2 is 1.87 bits per heavy atom. The van der Waals surface area contributed by atoms with Crippen LogP contribution in [0.3, 0.4) is 0 Å². The molecule has 156 valence electrons. The Balaban J connectivity index is 1.66. The zero-order chi connectivity index (χ0) is 21.6. The molecular weight excluding hydrogens is 397 g/mol. The highest BCUT2D eigenvalue weighted by Gasteiger charge is 2.23. The number of benzene rings is 2. The number of nitrogens with zero attached hydrogens (tertiary/aromatic N) is 3. The van der Waals surface area contributed by atoms with E-state index >= 15 is 0 Å². The van der Waals surface area contributed by atoms with E-state index in [0.717, 1.165) is 5.56 Å². The summed E-state index contributed by atoms with van der Waals surface area (Å²) >= 11 is 0. The van der Waals surface area contributed by atoms with Crippen molar-refractivity contribution in [2.24, 2.45) is 0 Å². The third-order valence-corrected chi connectivity index (χ3v) is 4.74. The van der Waals surface area contributed by atoms with E-state index < -0.39 is 0 Å². The minimum atomic E-state index is -0.348. The van der Waals surface area contributed by atoms with Gasteiger partial charge in [-0.3, -0.25) is 4.79 Å². The average molecular weight is 417 g/mol. The predicted molar refractivity (Wildman–Crippen MR) is 113 cm³/mol. The Hall–Kier alpha value is -3.87. The van der Waals surface area contributed by atoms with Crippen molar-refractivity contribution in [3.05, 3.63) is 84.3 Å². The summed E-state index contributed by atoms with van der Waals surface area (Å²) in [5, 5.41) is 4.16. The number of halogens is 1. The van der Waals surface area contributed by atoms with Gasteiger partial charge in [0.2, 0.25) is 0 Å². The van der Waals surface area contributed by atoms with E-state index in [9.17, 15) is 9.18 Å². The van der Waals surface area contributed by atoms with Crippen molar-refractivity contribution in [1.29, 1.82) is 0 Å². The van der Waals surface area contributed by atoms with Crippen LogP contribution in [0.2, 0.25) is 0 Å². The number of ether oxygens (including phenoxy) is 1. The molecule has 0 bridgehead atoms. The summed E-state index contributed by atoms with van der Waals surface area (Å²) < 4.78 is 24.6. The number of carbonyl (C=O) groups excluding carboxylic acids is 1. The van der Waals surface area contributed by atoms with Crippen molar-refractivity contribution in [3.63, 3.8) is 0 Å². The lowest BCUT2D eigenvalue weighted by Crippen LogP contribution is -2.08. The molecule has 0 fully saturated rings. The third kappa shape index (κ3) is 4.66. The molecule has 2 aromatic heterocycles. The average Bonchev–Trinajstić information content (AvgIpc) is 3.19. The van der Waals surface area contributed by atoms with E-state index in [1.165, 1.54) is 18.5 Å². The van der Waals surface area contributed by atoms with E-state index in [2.05, 4.69) is 15.1 Å². The largest absolute Gasteiger partial charge is 0.494 e. The van der Waals surface area contributed by atoms with Crippen LogP contribution < -0.4 is 4.74 Å². The molecule has 0 aliphatic rings. The number of rotatable bonds is 8. The molecular formula is C24H20FN3O3. The van der Waals surface area contributed by atoms with Crippen LogP contribution in [0.25, 0.3) is 22.5 Å². The lowest BCUT2D eigenvalue weighted by molar-refractivity contribution is -0.118. The number of hydrogen-bond donors (Lipinski definition) is 0. The number of hydrogen-bond acceptors (Lipinski definition) is 6. The minimum absolute atomic E-state index is 0.0357. The van der Waals surface area contributed by atoms with Crippen LogP contribution in [0.4, 0.5) is 4.39 Å². The second-order valence-electron chi connectivity index (χ2n) is 6.86. The molecule has 0 atom stereocenters. The van der Waals surface area contributed by atoms with E-state index in [4.69, 9.17) is 9.26 Å². The maximum atomic E-state index is 13.4. The molecule has 0 saturated carbocycles. The van der Waals surface area contributed by atoms with Crippen LogP contribution in [0.1, 0.15) is 18.2 Å². The molecule has 31 heavy (non-hydrogen) atoms. The molecule has 0 unspecified atom stereocenters. The standard InChI is InChI=1S/C24H20FN3O3/c1-2-30-21-6-4-3-5-17(21)13-19(29)14-22-23(20-11-12-26-15-27-20)24(28-31-22)16-7-9-18(25)10-8-16/h3-12,15H,2,13-14H2,1H3. The van der Waals surface area contributed by atoms with E-state index in [1.807, 2.05) is 31.2 Å². The molecule has 0 N–H and O–H groups in total. The van der Waals surface area contributed by atoms with Gasteiger partial charge in [0, 0.05) is 23.7 Å². The van der Waals surface area contributed by atoms with Gasteiger partial charge in [0.15, 0.2) is 5.76 Å². The van der Waals surface area contributed by atoms with Crippen molar-refractivity contribution in [2.45, 2.75) is 19.8 Å². The molecule has 0 radical (unpaired) electrons. The van der Waals surface area contributed by atoms with Gasteiger partial charge in [-0.05, 0) is 43.3 Å². The molecule has 2 aromatic carbocycles. The molecule has 0 saturated heterocycles. The lowest BCUT2D eigenvalue weighted by atomic mass is 9.99. The molecule has 0 aliphatic heterocycles. The van der Waals surface area contributed by atoms with Crippen molar-refractivity contribution < 1.29 is 18.4 Å². The van der Waals surface area contributed by atoms with Crippen molar-refractivity contribution in [1.82, 2.24) is 15.1 Å². The zero-order valence-corrected chi connectivity index (χ0v) is 16.9. The van der Waals surface area contributed by atoms with Gasteiger partial charge in [-0.25, -0.2) is 14.4 Å². The molecule has 0 aliphatic carbocycles. The third-order valence-electron chi connectivity index (χ3n) is 4.74. The highest BCUT2D eigenvalue weighted by Crippen LogP contribution is 2.34. The summed E-state index contributed by atoms with van der Waals surface area (Å²) in [7, 11) is 0. The first-order valence-corrected chi connectivity index (χ1v) is 9.89. The lowest BCUT2D eigenvalue weighted by Gasteiger charge is -2.09. The smallest absolute Gasteiger partial charge is 0.154 e. The topological polar surface area (TPSA) is 78.1 Å². The summed E-state index contributed by atoms with van der Waals surface area (Å²) in [6, 6.07) is 15.1. The Kier molecular flexibility index (Phi) is 6.12. The van der Waals surface area contributed by atoms with Crippen LogP contribution in [-0.2, 0) is 17.6 Å². The monoisotopic (exact) mass is 417 g/mol. The number of ketones is 1. The molecule has 6 nitrogen and oxygen atoms in total. The van der Waals surface area contributed by atoms with Crippen molar-refractivity contribution in [3.8, 4) is 28.3 Å². The van der Waals surface area contributed by atoms with Crippen LogP contribution in [0, 0.1) is 5.82 Å². The predicted octanol–water partition coefficient (Wildman–Crippen LogP) is 4.69. The minimum Gasteiger partial charge on any atom is -0.494 e. The molecule has 0 spiro atoms. The Bertz CT molecular complexity index is 1170. The summed E-state index contributed by atoms with van der Waals surface area (Å²) in [5.74, 6) is 0.694. The second-order valence-corrected chi connectivity index (χ2v) is 6.86. The fraction of sp³-hybridized carbons (Fsp3) is 0.167. The van der Waals surface area contributed by atoms with Gasteiger partial charge in [0.05, 0.1) is 24.3 Å². The van der Waals surface area contributed by atoms with Crippen LogP contribution in [0.5, 0.6) is 5.75 Å². The van der Waals surface area contributed by atoms with Crippen LogP contribution >= 0.6 is 0 Å². The summed E-state index contributed by atoms with van der Waals surface area (Å²) in [4.78, 5) is 21.1. The fourth-order valence-corrected chi connectivity index (χ4v) is 3.35. The highest BCUT2D eigenvalue weighted by atomic mass is 19.1. The normalized spacial score (nSPS) is 10.8. The van der Waals surface area contributed by atoms with Gasteiger partial charge in [-0.15, -0.1) is 0 Å². The Morgan fingerprint density at radius 1 is 1.06 bits per heavy atom. The molecule has 4 rings (SSSR count). The first-order chi connectivity index (χ1) is 15.2. The van der Waals surface area contributed by atoms with E-state index in [0.29, 0.717) is 40.6 Å². The number of aromatic nitrogens is 3. The van der Waals surface area contributed by atoms with Gasteiger partial charge in [0.1, 0.15) is 29.4 Å². The number of carbonyl (C=O) groups is 1. The molecule has 2 heterocycles. The van der Waals surface area contributed by atoms with Gasteiger partial charge in [-0.1, -0.05) is 23.4 Å². The molecule has 7 heteroatoms. The van der Waals surface area contributed by atoms with Crippen LogP contribution in [0.15, 0.2) is 71.6 Å². The summed E-state index contributed by atoms with van der Waals surface area (Å²) in [6.07, 6.45) is 3.26. The van der Waals surface area contributed by atoms with E-state index in [1.54, 1.807) is 24.4 Å². The first kappa shape index (κ1) is 20.4. The van der Waals surface area contributed by atoms with E-state index in [-0.39, 0.29) is 24.4 Å². The molecule has 4 aromatic rings. The van der Waals surface area contributed by atoms with Gasteiger partial charge >= 0.3 is 0 Å². The van der Waals surface area contributed by atoms with Gasteiger partial charge in [-0.2, -0.15) is 0 Å². The Labute approximate surface area is 178 Å². The van der Waals surface area contributed by atoms with Crippen LogP contribution in [-0.4, -0.2) is 27.5 Å². The summed E-state index contributed by atoms with van der Waals surface area (Å²) in [6.45, 7) is 2.42. The second kappa shape index (κ2) is 9.30. The number of Topliss-reactive ketones (excluding diaryl/α,β-unsaturated/α-hetero) is 1. The zero-order valence-electron chi connectivity index (χ0n) is 16.9. The van der Waals surface area contributed by atoms with Gasteiger partial charge < -0.3 is 9.26 Å². The van der Waals surface area contributed by atoms with Gasteiger partial charge in [0.25, 0.3) is 0 Å². The first-order valence-electron chi connectivity index (χ1n) is 9.89. The quantitative estimate of drug-likeness (QED) is 0.414. The van der Waals surface area contributed by atoms with Crippen molar-refractivity contribution >= 4 is 5.78 Å². The highest BCUT2D eigenvalue weighted by molar-refractivity contribution is 5.87. The fourth-order valence-electron chi connectivity index (χ4n) is 3.35. The SMILES string of the molecule is CCOc1ccccc1CC(=O)Cc1onc(-c2ccc(F)cc2)c1-c1ccncn1. The number of para-hydroxylation sites is 1. The maximum absolute atomic E-state index is 13.4. The molecule has 0 amide bonds. The Morgan fingerprint density at radius 3 is 2.61 bits per heavy atom. The maximum Gasteiger partial charge on any atom is 0.154 e. The summed E-state index contributed by atoms with van der Waals surface area (Å²) in [5.41, 5.74) is 3.15. The van der Waals surface area contributed by atoms with Crippen molar-refractivity contribution in [2.75, 3.05) is 6.61 Å².